The maximum atomic E-state index is 11.1. The van der Waals surface area contributed by atoms with Gasteiger partial charge >= 0.3 is 5.97 Å². The summed E-state index contributed by atoms with van der Waals surface area (Å²) in [5.74, 6) is -0.0706. The van der Waals surface area contributed by atoms with Crippen molar-refractivity contribution in [2.24, 2.45) is 0 Å². The van der Waals surface area contributed by atoms with Crippen LogP contribution >= 0.6 is 0 Å². The maximum Gasteiger partial charge on any atom is 0.335 e. The highest BCUT2D eigenvalue weighted by Crippen LogP contribution is 2.49. The molecule has 0 unspecified atom stereocenters. The average Bonchev–Trinajstić information content (AvgIpc) is 2.68. The molecule has 1 heterocycles. The molecule has 27 heavy (non-hydrogen) atoms. The number of hydrogen-bond acceptors (Lipinski definition) is 3. The number of carboxylic acid groups (broad SMARTS) is 1. The zero-order valence-electron chi connectivity index (χ0n) is 15.0. The van der Waals surface area contributed by atoms with Crippen LogP contribution in [0.2, 0.25) is 0 Å². The van der Waals surface area contributed by atoms with E-state index in [0.29, 0.717) is 12.2 Å². The molecule has 4 heteroatoms. The van der Waals surface area contributed by atoms with E-state index >= 15 is 0 Å². The maximum absolute atomic E-state index is 11.1. The van der Waals surface area contributed by atoms with Crippen LogP contribution in [0.25, 0.3) is 0 Å². The van der Waals surface area contributed by atoms with Gasteiger partial charge in [0.15, 0.2) is 0 Å². The molecule has 0 aliphatic heterocycles. The number of aromatic carboxylic acids is 1. The molecule has 136 valence electrons. The van der Waals surface area contributed by atoms with E-state index in [2.05, 4.69) is 17.1 Å². The van der Waals surface area contributed by atoms with Gasteiger partial charge in [-0.1, -0.05) is 36.8 Å². The van der Waals surface area contributed by atoms with Crippen molar-refractivity contribution in [3.8, 4) is 5.75 Å². The summed E-state index contributed by atoms with van der Waals surface area (Å²) in [6, 6.07) is 21.3. The molecule has 3 aromatic rings. The standard InChI is InChI=1S/C23H21NO3/c25-22(26)17-5-7-18(8-6-17)23(13-3-14-23)19-9-11-21(12-10-19)27-16-20-4-1-2-15-24-20/h1-2,4-12,15H,3,13-14,16H2,(H,25,26). The lowest BCUT2D eigenvalue weighted by atomic mass is 9.60. The Morgan fingerprint density at radius 3 is 2.15 bits per heavy atom. The van der Waals surface area contributed by atoms with Crippen molar-refractivity contribution in [2.75, 3.05) is 0 Å². The van der Waals surface area contributed by atoms with Gasteiger partial charge in [0.2, 0.25) is 0 Å². The van der Waals surface area contributed by atoms with Crippen molar-refractivity contribution in [3.05, 3.63) is 95.3 Å². The number of benzene rings is 2. The van der Waals surface area contributed by atoms with Crippen molar-refractivity contribution in [1.29, 1.82) is 0 Å². The molecule has 1 fully saturated rings. The fourth-order valence-corrected chi connectivity index (χ4v) is 3.72. The fourth-order valence-electron chi connectivity index (χ4n) is 3.72. The van der Waals surface area contributed by atoms with Crippen LogP contribution in [0.15, 0.2) is 72.9 Å². The summed E-state index contributed by atoms with van der Waals surface area (Å²) in [7, 11) is 0. The Morgan fingerprint density at radius 1 is 0.963 bits per heavy atom. The number of rotatable bonds is 6. The van der Waals surface area contributed by atoms with Crippen LogP contribution in [-0.4, -0.2) is 16.1 Å². The molecule has 0 radical (unpaired) electrons. The lowest BCUT2D eigenvalue weighted by Crippen LogP contribution is -2.35. The third-order valence-corrected chi connectivity index (χ3v) is 5.41. The third kappa shape index (κ3) is 3.43. The van der Waals surface area contributed by atoms with Crippen molar-refractivity contribution in [2.45, 2.75) is 31.3 Å². The van der Waals surface area contributed by atoms with E-state index in [1.807, 2.05) is 42.5 Å². The minimum Gasteiger partial charge on any atom is -0.487 e. The summed E-state index contributed by atoms with van der Waals surface area (Å²) in [6.07, 6.45) is 5.09. The first kappa shape index (κ1) is 17.3. The monoisotopic (exact) mass is 359 g/mol. The van der Waals surface area contributed by atoms with Gasteiger partial charge in [0.25, 0.3) is 0 Å². The Labute approximate surface area is 158 Å². The molecular formula is C23H21NO3. The van der Waals surface area contributed by atoms with Gasteiger partial charge in [-0.05, 0) is 60.4 Å². The van der Waals surface area contributed by atoms with E-state index in [4.69, 9.17) is 9.84 Å². The van der Waals surface area contributed by atoms with Crippen molar-refractivity contribution in [1.82, 2.24) is 4.98 Å². The van der Waals surface area contributed by atoms with E-state index in [9.17, 15) is 4.79 Å². The molecule has 1 N–H and O–H groups in total. The van der Waals surface area contributed by atoms with Crippen LogP contribution in [0.5, 0.6) is 5.75 Å². The number of nitrogens with zero attached hydrogens (tertiary/aromatic N) is 1. The summed E-state index contributed by atoms with van der Waals surface area (Å²) in [4.78, 5) is 15.4. The summed E-state index contributed by atoms with van der Waals surface area (Å²) >= 11 is 0. The molecule has 0 spiro atoms. The predicted molar refractivity (Wildman–Crippen MR) is 103 cm³/mol. The minimum absolute atomic E-state index is 0.0173. The van der Waals surface area contributed by atoms with E-state index in [-0.39, 0.29) is 5.41 Å². The van der Waals surface area contributed by atoms with E-state index in [1.165, 1.54) is 17.5 Å². The lowest BCUT2D eigenvalue weighted by molar-refractivity contribution is 0.0697. The zero-order chi connectivity index (χ0) is 18.7. The first-order chi connectivity index (χ1) is 13.2. The molecule has 0 bridgehead atoms. The highest BCUT2D eigenvalue weighted by Gasteiger charge is 2.40. The van der Waals surface area contributed by atoms with Crippen LogP contribution in [-0.2, 0) is 12.0 Å². The number of pyridine rings is 1. The zero-order valence-corrected chi connectivity index (χ0v) is 15.0. The van der Waals surface area contributed by atoms with E-state index < -0.39 is 5.97 Å². The van der Waals surface area contributed by atoms with Crippen LogP contribution in [0.4, 0.5) is 0 Å². The normalized spacial score (nSPS) is 15.0. The van der Waals surface area contributed by atoms with Crippen molar-refractivity contribution in [3.63, 3.8) is 0 Å². The number of carboxylic acids is 1. The van der Waals surface area contributed by atoms with Crippen LogP contribution < -0.4 is 4.74 Å². The van der Waals surface area contributed by atoms with Crippen molar-refractivity contribution < 1.29 is 14.6 Å². The SMILES string of the molecule is O=C(O)c1ccc(C2(c3ccc(OCc4ccccn4)cc3)CCC2)cc1. The molecule has 0 amide bonds. The second kappa shape index (κ2) is 7.23. The third-order valence-electron chi connectivity index (χ3n) is 5.41. The van der Waals surface area contributed by atoms with Gasteiger partial charge in [-0.15, -0.1) is 0 Å². The van der Waals surface area contributed by atoms with Gasteiger partial charge in [0, 0.05) is 11.6 Å². The number of ether oxygens (including phenoxy) is 1. The quantitative estimate of drug-likeness (QED) is 0.685. The number of carbonyl (C=O) groups is 1. The van der Waals surface area contributed by atoms with E-state index in [0.717, 1.165) is 24.3 Å². The topological polar surface area (TPSA) is 59.4 Å². The summed E-state index contributed by atoms with van der Waals surface area (Å²) in [5.41, 5.74) is 3.64. The smallest absolute Gasteiger partial charge is 0.335 e. The molecule has 1 saturated carbocycles. The molecular weight excluding hydrogens is 338 g/mol. The fraction of sp³-hybridized carbons (Fsp3) is 0.217. The average molecular weight is 359 g/mol. The second-order valence-corrected chi connectivity index (χ2v) is 6.95. The van der Waals surface area contributed by atoms with Crippen LogP contribution in [0, 0.1) is 0 Å². The van der Waals surface area contributed by atoms with Crippen molar-refractivity contribution >= 4 is 5.97 Å². The minimum atomic E-state index is -0.890. The highest BCUT2D eigenvalue weighted by molar-refractivity contribution is 5.87. The van der Waals surface area contributed by atoms with E-state index in [1.54, 1.807) is 18.3 Å². The largest absolute Gasteiger partial charge is 0.487 e. The van der Waals surface area contributed by atoms with Gasteiger partial charge in [-0.2, -0.15) is 0 Å². The number of hydrogen-bond donors (Lipinski definition) is 1. The lowest BCUT2D eigenvalue weighted by Gasteiger charge is -2.43. The van der Waals surface area contributed by atoms with Crippen LogP contribution in [0.1, 0.15) is 46.4 Å². The predicted octanol–water partition coefficient (Wildman–Crippen LogP) is 4.83. The Morgan fingerprint density at radius 2 is 1.63 bits per heavy atom. The summed E-state index contributed by atoms with van der Waals surface area (Å²) < 4.78 is 5.83. The first-order valence-corrected chi connectivity index (χ1v) is 9.14. The Bertz CT molecular complexity index is 914. The molecule has 2 aromatic carbocycles. The summed E-state index contributed by atoms with van der Waals surface area (Å²) in [5, 5.41) is 9.11. The molecule has 1 aliphatic carbocycles. The van der Waals surface area contributed by atoms with Gasteiger partial charge in [0.05, 0.1) is 11.3 Å². The molecule has 0 atom stereocenters. The van der Waals surface area contributed by atoms with Gasteiger partial charge in [0.1, 0.15) is 12.4 Å². The second-order valence-electron chi connectivity index (χ2n) is 6.95. The van der Waals surface area contributed by atoms with Crippen LogP contribution in [0.3, 0.4) is 0 Å². The van der Waals surface area contributed by atoms with Gasteiger partial charge in [-0.3, -0.25) is 4.98 Å². The Hall–Kier alpha value is -3.14. The highest BCUT2D eigenvalue weighted by atomic mass is 16.5. The first-order valence-electron chi connectivity index (χ1n) is 9.14. The summed E-state index contributed by atoms with van der Waals surface area (Å²) in [6.45, 7) is 0.446. The Kier molecular flexibility index (Phi) is 4.63. The molecule has 0 saturated heterocycles. The molecule has 1 aliphatic rings. The molecule has 4 nitrogen and oxygen atoms in total. The molecule has 4 rings (SSSR count). The van der Waals surface area contributed by atoms with Gasteiger partial charge < -0.3 is 9.84 Å². The number of aromatic nitrogens is 1. The Balaban J connectivity index is 1.52. The van der Waals surface area contributed by atoms with Gasteiger partial charge in [-0.25, -0.2) is 4.79 Å². The molecule has 1 aromatic heterocycles.